The van der Waals surface area contributed by atoms with Gasteiger partial charge in [-0.05, 0) is 36.6 Å². The molecule has 94 valence electrons. The van der Waals surface area contributed by atoms with E-state index in [0.717, 1.165) is 30.5 Å². The molecule has 3 rings (SSSR count). The standard InChI is InChI=1S/C13H14N2O2S/c1-8-4-5-10-9(7-8)13(17-15-10)14-12(16)11-3-2-6-18-11/h2-3,6,8H,4-5,7H2,1H3,(H,14,16). The third-order valence-electron chi connectivity index (χ3n) is 3.27. The van der Waals surface area contributed by atoms with Gasteiger partial charge in [-0.2, -0.15) is 0 Å². The maximum absolute atomic E-state index is 12.0. The molecule has 5 heteroatoms. The van der Waals surface area contributed by atoms with E-state index in [9.17, 15) is 4.79 Å². The van der Waals surface area contributed by atoms with Gasteiger partial charge in [0.1, 0.15) is 0 Å². The lowest BCUT2D eigenvalue weighted by Crippen LogP contribution is -2.15. The fourth-order valence-electron chi connectivity index (χ4n) is 2.25. The number of nitrogens with zero attached hydrogens (tertiary/aromatic N) is 1. The molecule has 1 N–H and O–H groups in total. The van der Waals surface area contributed by atoms with Crippen LogP contribution in [0.3, 0.4) is 0 Å². The number of amides is 1. The van der Waals surface area contributed by atoms with Crippen molar-refractivity contribution in [2.75, 3.05) is 5.32 Å². The van der Waals surface area contributed by atoms with Gasteiger partial charge in [0.25, 0.3) is 5.91 Å². The van der Waals surface area contributed by atoms with Crippen molar-refractivity contribution in [1.82, 2.24) is 5.16 Å². The van der Waals surface area contributed by atoms with Gasteiger partial charge in [0.2, 0.25) is 5.88 Å². The number of hydrogen-bond acceptors (Lipinski definition) is 4. The molecule has 0 fully saturated rings. The van der Waals surface area contributed by atoms with E-state index >= 15 is 0 Å². The van der Waals surface area contributed by atoms with Crippen molar-refractivity contribution >= 4 is 23.1 Å². The van der Waals surface area contributed by atoms with E-state index in [1.807, 2.05) is 11.4 Å². The number of nitrogens with one attached hydrogen (secondary N) is 1. The summed E-state index contributed by atoms with van der Waals surface area (Å²) in [5.74, 6) is 1.02. The van der Waals surface area contributed by atoms with Gasteiger partial charge in [-0.3, -0.25) is 10.1 Å². The molecule has 2 heterocycles. The molecule has 0 bridgehead atoms. The van der Waals surface area contributed by atoms with Crippen molar-refractivity contribution in [3.63, 3.8) is 0 Å². The molecular weight excluding hydrogens is 248 g/mol. The molecule has 0 radical (unpaired) electrons. The molecule has 1 aliphatic rings. The van der Waals surface area contributed by atoms with Crippen molar-refractivity contribution in [2.24, 2.45) is 5.92 Å². The first-order valence-corrected chi connectivity index (χ1v) is 6.94. The van der Waals surface area contributed by atoms with Gasteiger partial charge < -0.3 is 4.52 Å². The predicted octanol–water partition coefficient (Wildman–Crippen LogP) is 3.11. The molecular formula is C13H14N2O2S. The Morgan fingerprint density at radius 3 is 3.28 bits per heavy atom. The molecule has 0 spiro atoms. The second-order valence-electron chi connectivity index (χ2n) is 4.72. The summed E-state index contributed by atoms with van der Waals surface area (Å²) in [6, 6.07) is 3.66. The molecule has 1 aliphatic carbocycles. The van der Waals surface area contributed by atoms with Gasteiger partial charge in [-0.15, -0.1) is 11.3 Å². The summed E-state index contributed by atoms with van der Waals surface area (Å²) >= 11 is 1.42. The van der Waals surface area contributed by atoms with Crippen LogP contribution >= 0.6 is 11.3 Å². The first-order chi connectivity index (χ1) is 8.74. The van der Waals surface area contributed by atoms with Crippen molar-refractivity contribution in [3.05, 3.63) is 33.6 Å². The minimum Gasteiger partial charge on any atom is -0.338 e. The first-order valence-electron chi connectivity index (χ1n) is 6.06. The van der Waals surface area contributed by atoms with Crippen molar-refractivity contribution in [2.45, 2.75) is 26.2 Å². The number of aromatic nitrogens is 1. The van der Waals surface area contributed by atoms with E-state index in [4.69, 9.17) is 4.52 Å². The van der Waals surface area contributed by atoms with Gasteiger partial charge in [0.05, 0.1) is 10.6 Å². The summed E-state index contributed by atoms with van der Waals surface area (Å²) in [5, 5.41) is 8.74. The van der Waals surface area contributed by atoms with E-state index in [1.54, 1.807) is 6.07 Å². The second kappa shape index (κ2) is 4.57. The van der Waals surface area contributed by atoms with Crippen LogP contribution in [0.25, 0.3) is 0 Å². The number of aryl methyl sites for hydroxylation is 1. The summed E-state index contributed by atoms with van der Waals surface area (Å²) in [4.78, 5) is 12.6. The Kier molecular flexibility index (Phi) is 2.91. The van der Waals surface area contributed by atoms with Crippen LogP contribution in [0.15, 0.2) is 22.0 Å². The number of hydrogen-bond donors (Lipinski definition) is 1. The molecule has 18 heavy (non-hydrogen) atoms. The highest BCUT2D eigenvalue weighted by atomic mass is 32.1. The van der Waals surface area contributed by atoms with E-state index in [0.29, 0.717) is 16.7 Å². The Morgan fingerprint density at radius 2 is 2.50 bits per heavy atom. The molecule has 0 saturated carbocycles. The molecule has 1 atom stereocenters. The second-order valence-corrected chi connectivity index (χ2v) is 5.66. The van der Waals surface area contributed by atoms with E-state index in [1.165, 1.54) is 11.3 Å². The van der Waals surface area contributed by atoms with Crippen LogP contribution in [0.1, 0.15) is 34.3 Å². The number of thiophene rings is 1. The number of anilines is 1. The monoisotopic (exact) mass is 262 g/mol. The van der Waals surface area contributed by atoms with Gasteiger partial charge >= 0.3 is 0 Å². The van der Waals surface area contributed by atoms with Crippen LogP contribution < -0.4 is 5.32 Å². The summed E-state index contributed by atoms with van der Waals surface area (Å²) in [6.45, 7) is 2.21. The molecule has 0 aliphatic heterocycles. The smallest absolute Gasteiger partial charge is 0.268 e. The van der Waals surface area contributed by atoms with Crippen LogP contribution in [0.4, 0.5) is 5.88 Å². The van der Waals surface area contributed by atoms with E-state index in [-0.39, 0.29) is 5.91 Å². The van der Waals surface area contributed by atoms with Crippen molar-refractivity contribution in [3.8, 4) is 0 Å². The SMILES string of the molecule is CC1CCc2noc(NC(=O)c3cccs3)c2C1. The topological polar surface area (TPSA) is 55.1 Å². The highest BCUT2D eigenvalue weighted by molar-refractivity contribution is 7.12. The molecule has 1 amide bonds. The lowest BCUT2D eigenvalue weighted by atomic mass is 9.89. The zero-order chi connectivity index (χ0) is 12.5. The van der Waals surface area contributed by atoms with Gasteiger partial charge in [-0.25, -0.2) is 0 Å². The molecule has 4 nitrogen and oxygen atoms in total. The third kappa shape index (κ3) is 2.06. The quantitative estimate of drug-likeness (QED) is 0.904. The molecule has 0 aromatic carbocycles. The Bertz CT molecular complexity index is 560. The number of rotatable bonds is 2. The zero-order valence-electron chi connectivity index (χ0n) is 10.1. The lowest BCUT2D eigenvalue weighted by molar-refractivity contribution is 0.102. The Morgan fingerprint density at radius 1 is 1.61 bits per heavy atom. The number of fused-ring (bicyclic) bond motifs is 1. The number of carbonyl (C=O) groups is 1. The minimum absolute atomic E-state index is 0.123. The fourth-order valence-corrected chi connectivity index (χ4v) is 2.87. The van der Waals surface area contributed by atoms with Crippen LogP contribution in [0.5, 0.6) is 0 Å². The Hall–Kier alpha value is -1.62. The zero-order valence-corrected chi connectivity index (χ0v) is 10.9. The van der Waals surface area contributed by atoms with Gasteiger partial charge in [0, 0.05) is 5.56 Å². The summed E-state index contributed by atoms with van der Waals surface area (Å²) in [5.41, 5.74) is 2.06. The molecule has 2 aromatic rings. The maximum Gasteiger partial charge on any atom is 0.268 e. The van der Waals surface area contributed by atoms with Crippen LogP contribution in [-0.4, -0.2) is 11.1 Å². The molecule has 2 aromatic heterocycles. The predicted molar refractivity (Wildman–Crippen MR) is 70.0 cm³/mol. The van der Waals surface area contributed by atoms with E-state index in [2.05, 4.69) is 17.4 Å². The van der Waals surface area contributed by atoms with Crippen LogP contribution in [0, 0.1) is 5.92 Å². The number of carbonyl (C=O) groups excluding carboxylic acids is 1. The molecule has 0 saturated heterocycles. The Balaban J connectivity index is 1.82. The Labute approximate surface area is 109 Å². The van der Waals surface area contributed by atoms with Gasteiger partial charge in [0.15, 0.2) is 0 Å². The largest absolute Gasteiger partial charge is 0.338 e. The van der Waals surface area contributed by atoms with Crippen molar-refractivity contribution < 1.29 is 9.32 Å². The van der Waals surface area contributed by atoms with E-state index < -0.39 is 0 Å². The summed E-state index contributed by atoms with van der Waals surface area (Å²) in [6.07, 6.45) is 3.01. The summed E-state index contributed by atoms with van der Waals surface area (Å²) < 4.78 is 5.26. The lowest BCUT2D eigenvalue weighted by Gasteiger charge is -2.16. The third-order valence-corrected chi connectivity index (χ3v) is 4.14. The minimum atomic E-state index is -0.123. The first kappa shape index (κ1) is 11.5. The average molecular weight is 262 g/mol. The highest BCUT2D eigenvalue weighted by Crippen LogP contribution is 2.30. The van der Waals surface area contributed by atoms with Crippen LogP contribution in [0.2, 0.25) is 0 Å². The van der Waals surface area contributed by atoms with Gasteiger partial charge in [-0.1, -0.05) is 18.1 Å². The highest BCUT2D eigenvalue weighted by Gasteiger charge is 2.24. The fraction of sp³-hybridized carbons (Fsp3) is 0.385. The van der Waals surface area contributed by atoms with Crippen LogP contribution in [-0.2, 0) is 12.8 Å². The summed E-state index contributed by atoms with van der Waals surface area (Å²) in [7, 11) is 0. The normalized spacial score (nSPS) is 18.4. The van der Waals surface area contributed by atoms with Crippen molar-refractivity contribution in [1.29, 1.82) is 0 Å². The molecule has 1 unspecified atom stereocenters. The average Bonchev–Trinajstić information content (AvgIpc) is 2.99. The maximum atomic E-state index is 12.0.